The third kappa shape index (κ3) is 2.97. The number of hydrogen-bond acceptors (Lipinski definition) is 3. The van der Waals surface area contributed by atoms with E-state index in [9.17, 15) is 14.0 Å². The first-order chi connectivity index (χ1) is 10.6. The number of nitrogens with one attached hydrogen (secondary N) is 1. The number of thioether (sulfide) groups is 1. The predicted molar refractivity (Wildman–Crippen MR) is 85.1 cm³/mol. The van der Waals surface area contributed by atoms with E-state index in [1.165, 1.54) is 12.1 Å². The summed E-state index contributed by atoms with van der Waals surface area (Å²) in [6, 6.07) is 3.85. The van der Waals surface area contributed by atoms with E-state index in [1.807, 2.05) is 6.92 Å². The second-order valence-electron chi connectivity index (χ2n) is 5.90. The van der Waals surface area contributed by atoms with E-state index in [0.29, 0.717) is 17.3 Å². The monoisotopic (exact) mass is 322 g/mol. The van der Waals surface area contributed by atoms with Gasteiger partial charge in [0, 0.05) is 17.4 Å². The Labute approximate surface area is 133 Å². The number of carbonyl (C=O) groups excluding carboxylic acids is 2. The number of anilines is 1. The summed E-state index contributed by atoms with van der Waals surface area (Å²) in [6.07, 6.45) is 2.95. The lowest BCUT2D eigenvalue weighted by Gasteiger charge is -2.31. The molecule has 2 amide bonds. The van der Waals surface area contributed by atoms with E-state index >= 15 is 0 Å². The Kier molecular flexibility index (Phi) is 4.38. The summed E-state index contributed by atoms with van der Waals surface area (Å²) >= 11 is 1.59. The third-order valence-corrected chi connectivity index (χ3v) is 5.39. The van der Waals surface area contributed by atoms with Crippen LogP contribution in [0.25, 0.3) is 0 Å². The average Bonchev–Trinajstić information content (AvgIpc) is 2.90. The molecule has 4 nitrogen and oxygen atoms in total. The van der Waals surface area contributed by atoms with E-state index in [0.717, 1.165) is 24.8 Å². The maximum atomic E-state index is 13.3. The van der Waals surface area contributed by atoms with Crippen molar-refractivity contribution in [3.63, 3.8) is 0 Å². The lowest BCUT2D eigenvalue weighted by Crippen LogP contribution is -2.48. The van der Waals surface area contributed by atoms with E-state index in [4.69, 9.17) is 0 Å². The van der Waals surface area contributed by atoms with Crippen LogP contribution in [0.1, 0.15) is 24.8 Å². The highest BCUT2D eigenvalue weighted by atomic mass is 32.2. The first-order valence-corrected chi connectivity index (χ1v) is 8.67. The van der Waals surface area contributed by atoms with Gasteiger partial charge in [-0.3, -0.25) is 9.59 Å². The predicted octanol–water partition coefficient (Wildman–Crippen LogP) is 2.77. The van der Waals surface area contributed by atoms with Crippen molar-refractivity contribution >= 4 is 29.3 Å². The zero-order valence-electron chi connectivity index (χ0n) is 12.5. The average molecular weight is 322 g/mol. The lowest BCUT2D eigenvalue weighted by atomic mass is 9.84. The molecule has 1 atom stereocenters. The normalized spacial score (nSPS) is 21.5. The molecule has 1 aromatic carbocycles. The summed E-state index contributed by atoms with van der Waals surface area (Å²) in [5.41, 5.74) is 1.27. The van der Waals surface area contributed by atoms with Crippen LogP contribution < -0.4 is 5.32 Å². The van der Waals surface area contributed by atoms with Gasteiger partial charge >= 0.3 is 0 Å². The zero-order valence-corrected chi connectivity index (χ0v) is 13.3. The van der Waals surface area contributed by atoms with E-state index in [-0.39, 0.29) is 23.5 Å². The van der Waals surface area contributed by atoms with Crippen molar-refractivity contribution in [2.45, 2.75) is 32.2 Å². The highest BCUT2D eigenvalue weighted by molar-refractivity contribution is 7.99. The van der Waals surface area contributed by atoms with Gasteiger partial charge in [0.2, 0.25) is 11.8 Å². The Balaban J connectivity index is 1.70. The topological polar surface area (TPSA) is 49.4 Å². The van der Waals surface area contributed by atoms with Crippen LogP contribution >= 0.6 is 11.8 Å². The van der Waals surface area contributed by atoms with Gasteiger partial charge in [-0.05, 0) is 37.5 Å². The Bertz CT molecular complexity index is 604. The van der Waals surface area contributed by atoms with Gasteiger partial charge in [0.25, 0.3) is 0 Å². The van der Waals surface area contributed by atoms with Gasteiger partial charge in [-0.25, -0.2) is 4.39 Å². The number of halogens is 1. The molecule has 22 heavy (non-hydrogen) atoms. The van der Waals surface area contributed by atoms with Crippen molar-refractivity contribution in [3.8, 4) is 0 Å². The number of aryl methyl sites for hydroxylation is 1. The van der Waals surface area contributed by atoms with Crippen molar-refractivity contribution in [1.29, 1.82) is 0 Å². The molecule has 118 valence electrons. The molecule has 0 unspecified atom stereocenters. The summed E-state index contributed by atoms with van der Waals surface area (Å²) in [6.45, 7) is 1.82. The first kappa shape index (κ1) is 15.3. The van der Waals surface area contributed by atoms with Crippen molar-refractivity contribution in [3.05, 3.63) is 29.6 Å². The minimum atomic E-state index is -0.458. The van der Waals surface area contributed by atoms with Crippen LogP contribution in [0.3, 0.4) is 0 Å². The second-order valence-corrected chi connectivity index (χ2v) is 6.90. The second kappa shape index (κ2) is 6.28. The van der Waals surface area contributed by atoms with Crippen LogP contribution in [-0.2, 0) is 9.59 Å². The molecule has 1 aliphatic carbocycles. The van der Waals surface area contributed by atoms with Gasteiger partial charge in [-0.1, -0.05) is 12.5 Å². The zero-order chi connectivity index (χ0) is 15.7. The van der Waals surface area contributed by atoms with E-state index in [1.54, 1.807) is 22.7 Å². The molecule has 2 aliphatic rings. The van der Waals surface area contributed by atoms with E-state index in [2.05, 4.69) is 5.32 Å². The van der Waals surface area contributed by atoms with Crippen molar-refractivity contribution in [1.82, 2.24) is 4.90 Å². The molecular weight excluding hydrogens is 303 g/mol. The molecule has 0 radical (unpaired) electrons. The third-order valence-electron chi connectivity index (χ3n) is 4.38. The summed E-state index contributed by atoms with van der Waals surface area (Å²) < 4.78 is 13.3. The molecule has 1 aliphatic heterocycles. The highest BCUT2D eigenvalue weighted by Gasteiger charge is 2.39. The number of rotatable bonds is 3. The van der Waals surface area contributed by atoms with Gasteiger partial charge < -0.3 is 10.2 Å². The van der Waals surface area contributed by atoms with Gasteiger partial charge in [0.1, 0.15) is 11.9 Å². The first-order valence-electron chi connectivity index (χ1n) is 7.51. The van der Waals surface area contributed by atoms with Crippen molar-refractivity contribution in [2.24, 2.45) is 5.92 Å². The quantitative estimate of drug-likeness (QED) is 0.931. The molecular formula is C16H19FN2O2S. The maximum Gasteiger partial charge on any atom is 0.248 e. The van der Waals surface area contributed by atoms with Gasteiger partial charge in [-0.2, -0.15) is 0 Å². The summed E-state index contributed by atoms with van der Waals surface area (Å²) in [4.78, 5) is 26.5. The lowest BCUT2D eigenvalue weighted by molar-refractivity contribution is -0.141. The Morgan fingerprint density at radius 1 is 1.36 bits per heavy atom. The Morgan fingerprint density at radius 2 is 2.14 bits per heavy atom. The van der Waals surface area contributed by atoms with Gasteiger partial charge in [-0.15, -0.1) is 11.8 Å². The maximum absolute atomic E-state index is 13.3. The van der Waals surface area contributed by atoms with Crippen molar-refractivity contribution in [2.75, 3.05) is 16.9 Å². The van der Waals surface area contributed by atoms with Crippen LogP contribution in [-0.4, -0.2) is 34.4 Å². The summed E-state index contributed by atoms with van der Waals surface area (Å²) in [5.74, 6) is 0.724. The molecule has 0 bridgehead atoms. The number of benzene rings is 1. The SMILES string of the molecule is Cc1ccc(F)cc1NC(=O)[C@H]1CSCN1C(=O)C1CCC1. The van der Waals surface area contributed by atoms with Crippen LogP contribution in [0.15, 0.2) is 18.2 Å². The van der Waals surface area contributed by atoms with Crippen LogP contribution in [0, 0.1) is 18.7 Å². The van der Waals surface area contributed by atoms with Gasteiger partial charge in [0.05, 0.1) is 5.88 Å². The Hall–Kier alpha value is -1.56. The van der Waals surface area contributed by atoms with E-state index < -0.39 is 6.04 Å². The van der Waals surface area contributed by atoms with Crippen LogP contribution in [0.4, 0.5) is 10.1 Å². The molecule has 0 spiro atoms. The summed E-state index contributed by atoms with van der Waals surface area (Å²) in [7, 11) is 0. The number of nitrogens with zero attached hydrogens (tertiary/aromatic N) is 1. The molecule has 0 aromatic heterocycles. The summed E-state index contributed by atoms with van der Waals surface area (Å²) in [5, 5.41) is 2.77. The largest absolute Gasteiger partial charge is 0.324 e. The number of carbonyl (C=O) groups is 2. The standard InChI is InChI=1S/C16H19FN2O2S/c1-10-5-6-12(17)7-13(10)18-15(20)14-8-22-9-19(14)16(21)11-3-2-4-11/h5-7,11,14H,2-4,8-9H2,1H3,(H,18,20)/t14-/m1/s1. The molecule has 6 heteroatoms. The highest BCUT2D eigenvalue weighted by Crippen LogP contribution is 2.32. The van der Waals surface area contributed by atoms with Crippen LogP contribution in [0.2, 0.25) is 0 Å². The number of amides is 2. The van der Waals surface area contributed by atoms with Crippen LogP contribution in [0.5, 0.6) is 0 Å². The fourth-order valence-corrected chi connectivity index (χ4v) is 3.88. The van der Waals surface area contributed by atoms with Crippen molar-refractivity contribution < 1.29 is 14.0 Å². The molecule has 2 fully saturated rings. The number of hydrogen-bond donors (Lipinski definition) is 1. The minimum Gasteiger partial charge on any atom is -0.324 e. The fraction of sp³-hybridized carbons (Fsp3) is 0.500. The molecule has 1 saturated carbocycles. The Morgan fingerprint density at radius 3 is 2.82 bits per heavy atom. The smallest absolute Gasteiger partial charge is 0.248 e. The van der Waals surface area contributed by atoms with Gasteiger partial charge in [0.15, 0.2) is 0 Å². The minimum absolute atomic E-state index is 0.0879. The molecule has 1 heterocycles. The fourth-order valence-electron chi connectivity index (χ4n) is 2.71. The molecule has 1 aromatic rings. The molecule has 1 N–H and O–H groups in total. The molecule has 1 saturated heterocycles. The molecule has 3 rings (SSSR count).